The first-order chi connectivity index (χ1) is 8.74. The van der Waals surface area contributed by atoms with Crippen molar-refractivity contribution >= 4 is 0 Å². The molecule has 0 aromatic heterocycles. The van der Waals surface area contributed by atoms with Crippen LogP contribution in [0.4, 0.5) is 4.39 Å². The molecule has 0 saturated heterocycles. The van der Waals surface area contributed by atoms with Gasteiger partial charge in [0.2, 0.25) is 0 Å². The highest BCUT2D eigenvalue weighted by Crippen LogP contribution is 2.26. The van der Waals surface area contributed by atoms with Crippen LogP contribution in [0.3, 0.4) is 0 Å². The third-order valence-electron chi connectivity index (χ3n) is 3.00. The third-order valence-corrected chi connectivity index (χ3v) is 3.00. The standard InChI is InChI=1S/C15H16FNO/c1-18-14-4-2-3-12(9-14)15(10-17)11-5-7-13(16)8-6-11/h2-9,15H,10,17H2,1H3/t15-/m1/s1. The van der Waals surface area contributed by atoms with E-state index in [4.69, 9.17) is 10.5 Å². The second-order valence-corrected chi connectivity index (χ2v) is 4.12. The lowest BCUT2D eigenvalue weighted by atomic mass is 9.91. The number of ether oxygens (including phenoxy) is 1. The molecule has 0 bridgehead atoms. The van der Waals surface area contributed by atoms with Crippen LogP contribution in [0.15, 0.2) is 48.5 Å². The van der Waals surface area contributed by atoms with Crippen molar-refractivity contribution in [3.8, 4) is 5.75 Å². The van der Waals surface area contributed by atoms with E-state index in [1.165, 1.54) is 12.1 Å². The van der Waals surface area contributed by atoms with Gasteiger partial charge in [-0.15, -0.1) is 0 Å². The van der Waals surface area contributed by atoms with Crippen molar-refractivity contribution in [1.82, 2.24) is 0 Å². The zero-order valence-electron chi connectivity index (χ0n) is 10.3. The first-order valence-electron chi connectivity index (χ1n) is 5.84. The summed E-state index contributed by atoms with van der Waals surface area (Å²) in [5.74, 6) is 0.619. The summed E-state index contributed by atoms with van der Waals surface area (Å²) in [5, 5.41) is 0. The maximum absolute atomic E-state index is 12.9. The van der Waals surface area contributed by atoms with Gasteiger partial charge in [0.05, 0.1) is 7.11 Å². The van der Waals surface area contributed by atoms with Crippen LogP contribution in [0.25, 0.3) is 0 Å². The lowest BCUT2D eigenvalue weighted by molar-refractivity contribution is 0.414. The van der Waals surface area contributed by atoms with Crippen LogP contribution in [0.5, 0.6) is 5.75 Å². The normalized spacial score (nSPS) is 12.2. The van der Waals surface area contributed by atoms with Crippen molar-refractivity contribution in [2.75, 3.05) is 13.7 Å². The van der Waals surface area contributed by atoms with E-state index in [2.05, 4.69) is 0 Å². The van der Waals surface area contributed by atoms with Gasteiger partial charge < -0.3 is 10.5 Å². The molecule has 94 valence electrons. The van der Waals surface area contributed by atoms with Crippen molar-refractivity contribution in [2.45, 2.75) is 5.92 Å². The van der Waals surface area contributed by atoms with Gasteiger partial charge in [-0.1, -0.05) is 24.3 Å². The van der Waals surface area contributed by atoms with E-state index >= 15 is 0 Å². The fourth-order valence-corrected chi connectivity index (χ4v) is 2.02. The summed E-state index contributed by atoms with van der Waals surface area (Å²) >= 11 is 0. The Balaban J connectivity index is 2.35. The number of halogens is 1. The summed E-state index contributed by atoms with van der Waals surface area (Å²) in [4.78, 5) is 0. The largest absolute Gasteiger partial charge is 0.497 e. The number of hydrogen-bond acceptors (Lipinski definition) is 2. The van der Waals surface area contributed by atoms with E-state index in [9.17, 15) is 4.39 Å². The molecule has 2 N–H and O–H groups in total. The number of methoxy groups -OCH3 is 1. The molecule has 0 aliphatic rings. The van der Waals surface area contributed by atoms with Gasteiger partial charge in [-0.3, -0.25) is 0 Å². The fraction of sp³-hybridized carbons (Fsp3) is 0.200. The SMILES string of the molecule is COc1cccc([C@H](CN)c2ccc(F)cc2)c1. The van der Waals surface area contributed by atoms with Crippen LogP contribution in [-0.2, 0) is 0 Å². The Morgan fingerprint density at radius 2 is 1.83 bits per heavy atom. The molecule has 1 atom stereocenters. The number of nitrogens with two attached hydrogens (primary N) is 1. The molecule has 0 heterocycles. The Kier molecular flexibility index (Phi) is 3.95. The summed E-state index contributed by atoms with van der Waals surface area (Å²) in [6.45, 7) is 0.471. The average Bonchev–Trinajstić information content (AvgIpc) is 2.42. The molecular formula is C15H16FNO. The molecule has 0 unspecified atom stereocenters. The van der Waals surface area contributed by atoms with E-state index in [0.29, 0.717) is 6.54 Å². The molecule has 3 heteroatoms. The highest BCUT2D eigenvalue weighted by atomic mass is 19.1. The summed E-state index contributed by atoms with van der Waals surface area (Å²) in [6.07, 6.45) is 0. The number of rotatable bonds is 4. The molecule has 2 aromatic carbocycles. The molecule has 0 aliphatic heterocycles. The summed E-state index contributed by atoms with van der Waals surface area (Å²) in [7, 11) is 1.63. The molecule has 0 saturated carbocycles. The summed E-state index contributed by atoms with van der Waals surface area (Å²) in [5.41, 5.74) is 7.91. The number of hydrogen-bond donors (Lipinski definition) is 1. The van der Waals surface area contributed by atoms with Crippen LogP contribution < -0.4 is 10.5 Å². The average molecular weight is 245 g/mol. The maximum atomic E-state index is 12.9. The van der Waals surface area contributed by atoms with Gasteiger partial charge in [-0.05, 0) is 35.4 Å². The predicted molar refractivity (Wildman–Crippen MR) is 70.3 cm³/mol. The zero-order chi connectivity index (χ0) is 13.0. The Morgan fingerprint density at radius 3 is 2.44 bits per heavy atom. The molecule has 18 heavy (non-hydrogen) atoms. The minimum Gasteiger partial charge on any atom is -0.497 e. The van der Waals surface area contributed by atoms with Crippen LogP contribution >= 0.6 is 0 Å². The summed E-state index contributed by atoms with van der Waals surface area (Å²) < 4.78 is 18.1. The van der Waals surface area contributed by atoms with Gasteiger partial charge >= 0.3 is 0 Å². The zero-order valence-corrected chi connectivity index (χ0v) is 10.3. The van der Waals surface area contributed by atoms with Gasteiger partial charge in [0.1, 0.15) is 11.6 Å². The van der Waals surface area contributed by atoms with Crippen LogP contribution in [0.1, 0.15) is 17.0 Å². The van der Waals surface area contributed by atoms with Crippen molar-refractivity contribution < 1.29 is 9.13 Å². The highest BCUT2D eigenvalue weighted by Gasteiger charge is 2.13. The van der Waals surface area contributed by atoms with E-state index in [0.717, 1.165) is 16.9 Å². The lowest BCUT2D eigenvalue weighted by Crippen LogP contribution is -2.13. The maximum Gasteiger partial charge on any atom is 0.123 e. The first-order valence-corrected chi connectivity index (χ1v) is 5.84. The summed E-state index contributed by atoms with van der Waals surface area (Å²) in [6, 6.07) is 14.2. The third kappa shape index (κ3) is 2.68. The Labute approximate surface area is 106 Å². The molecule has 0 amide bonds. The first kappa shape index (κ1) is 12.6. The highest BCUT2D eigenvalue weighted by molar-refractivity contribution is 5.37. The van der Waals surface area contributed by atoms with Crippen LogP contribution in [0.2, 0.25) is 0 Å². The van der Waals surface area contributed by atoms with Gasteiger partial charge in [-0.25, -0.2) is 4.39 Å². The monoisotopic (exact) mass is 245 g/mol. The minimum absolute atomic E-state index is 0.0562. The molecule has 2 rings (SSSR count). The molecule has 0 spiro atoms. The fourth-order valence-electron chi connectivity index (χ4n) is 2.02. The smallest absolute Gasteiger partial charge is 0.123 e. The minimum atomic E-state index is -0.236. The Morgan fingerprint density at radius 1 is 1.11 bits per heavy atom. The number of benzene rings is 2. The van der Waals surface area contributed by atoms with Crippen LogP contribution in [0, 0.1) is 5.82 Å². The van der Waals surface area contributed by atoms with Crippen molar-refractivity contribution in [3.05, 3.63) is 65.5 Å². The second kappa shape index (κ2) is 5.65. The van der Waals surface area contributed by atoms with E-state index < -0.39 is 0 Å². The Hall–Kier alpha value is -1.87. The second-order valence-electron chi connectivity index (χ2n) is 4.12. The molecule has 0 fully saturated rings. The lowest BCUT2D eigenvalue weighted by Gasteiger charge is -2.16. The quantitative estimate of drug-likeness (QED) is 0.898. The van der Waals surface area contributed by atoms with Gasteiger partial charge in [0.15, 0.2) is 0 Å². The van der Waals surface area contributed by atoms with E-state index in [1.807, 2.05) is 24.3 Å². The topological polar surface area (TPSA) is 35.2 Å². The molecule has 0 aliphatic carbocycles. The molecule has 2 aromatic rings. The van der Waals surface area contributed by atoms with Crippen molar-refractivity contribution in [1.29, 1.82) is 0 Å². The van der Waals surface area contributed by atoms with E-state index in [-0.39, 0.29) is 11.7 Å². The van der Waals surface area contributed by atoms with Gasteiger partial charge in [0, 0.05) is 12.5 Å². The predicted octanol–water partition coefficient (Wildman–Crippen LogP) is 2.92. The molecule has 2 nitrogen and oxygen atoms in total. The molecule has 0 radical (unpaired) electrons. The van der Waals surface area contributed by atoms with Gasteiger partial charge in [0.25, 0.3) is 0 Å². The van der Waals surface area contributed by atoms with Gasteiger partial charge in [-0.2, -0.15) is 0 Å². The van der Waals surface area contributed by atoms with E-state index in [1.54, 1.807) is 19.2 Å². The van der Waals surface area contributed by atoms with Crippen molar-refractivity contribution in [3.63, 3.8) is 0 Å². The molecular weight excluding hydrogens is 229 g/mol. The Bertz CT molecular complexity index is 510. The van der Waals surface area contributed by atoms with Crippen molar-refractivity contribution in [2.24, 2.45) is 5.73 Å². The van der Waals surface area contributed by atoms with Crippen LogP contribution in [-0.4, -0.2) is 13.7 Å².